The zero-order valence-electron chi connectivity index (χ0n) is 9.67. The maximum Gasteiger partial charge on any atom is 0.391 e. The molecular weight excluding hydrogens is 231 g/mol. The maximum atomic E-state index is 12.7. The lowest BCUT2D eigenvalue weighted by atomic mass is 9.89. The molecular formula is C11H16F3N3. The summed E-state index contributed by atoms with van der Waals surface area (Å²) < 4.78 is 39.7. The van der Waals surface area contributed by atoms with Gasteiger partial charge in [-0.3, -0.25) is 4.68 Å². The highest BCUT2D eigenvalue weighted by molar-refractivity contribution is 5.11. The van der Waals surface area contributed by atoms with Crippen molar-refractivity contribution in [2.75, 3.05) is 6.54 Å². The van der Waals surface area contributed by atoms with Gasteiger partial charge in [0, 0.05) is 24.3 Å². The van der Waals surface area contributed by atoms with Crippen molar-refractivity contribution in [3.05, 3.63) is 18.0 Å². The molecule has 3 nitrogen and oxygen atoms in total. The third-order valence-corrected chi connectivity index (χ3v) is 3.25. The highest BCUT2D eigenvalue weighted by atomic mass is 19.4. The standard InChI is InChI=1S/C11H16F3N3/c1-2-17-7-8(6-16-17)10-5-9(3-4-15-10)11(12,13)14/h6-7,9-10,15H,2-5H2,1H3. The third-order valence-electron chi connectivity index (χ3n) is 3.25. The molecule has 0 radical (unpaired) electrons. The van der Waals surface area contributed by atoms with Crippen LogP contribution < -0.4 is 5.32 Å². The summed E-state index contributed by atoms with van der Waals surface area (Å²) in [6.45, 7) is 3.09. The average molecular weight is 247 g/mol. The van der Waals surface area contributed by atoms with E-state index in [1.807, 2.05) is 13.1 Å². The Morgan fingerprint density at radius 2 is 2.29 bits per heavy atom. The topological polar surface area (TPSA) is 29.9 Å². The van der Waals surface area contributed by atoms with Gasteiger partial charge in [0.05, 0.1) is 12.1 Å². The molecule has 2 rings (SSSR count). The van der Waals surface area contributed by atoms with E-state index in [0.717, 1.165) is 12.1 Å². The molecule has 1 fully saturated rings. The van der Waals surface area contributed by atoms with Crippen LogP contribution in [0.3, 0.4) is 0 Å². The second-order valence-electron chi connectivity index (χ2n) is 4.40. The quantitative estimate of drug-likeness (QED) is 0.870. The summed E-state index contributed by atoms with van der Waals surface area (Å²) in [6.07, 6.45) is -0.335. The zero-order chi connectivity index (χ0) is 12.5. The molecule has 1 N–H and O–H groups in total. The molecule has 0 bridgehead atoms. The van der Waals surface area contributed by atoms with Crippen molar-refractivity contribution in [1.29, 1.82) is 0 Å². The highest BCUT2D eigenvalue weighted by Crippen LogP contribution is 2.37. The first-order valence-electron chi connectivity index (χ1n) is 5.83. The Morgan fingerprint density at radius 1 is 1.53 bits per heavy atom. The van der Waals surface area contributed by atoms with Gasteiger partial charge in [-0.2, -0.15) is 18.3 Å². The fourth-order valence-electron chi connectivity index (χ4n) is 2.20. The Kier molecular flexibility index (Phi) is 3.42. The Balaban J connectivity index is 2.06. The van der Waals surface area contributed by atoms with Gasteiger partial charge in [0.2, 0.25) is 0 Å². The number of aryl methyl sites for hydroxylation is 1. The number of hydrogen-bond donors (Lipinski definition) is 1. The van der Waals surface area contributed by atoms with Crippen molar-refractivity contribution < 1.29 is 13.2 Å². The Morgan fingerprint density at radius 3 is 2.88 bits per heavy atom. The predicted octanol–water partition coefficient (Wildman–Crippen LogP) is 2.51. The normalized spacial score (nSPS) is 26.1. The van der Waals surface area contributed by atoms with Gasteiger partial charge in [0.1, 0.15) is 0 Å². The van der Waals surface area contributed by atoms with Crippen LogP contribution in [0.25, 0.3) is 0 Å². The summed E-state index contributed by atoms with van der Waals surface area (Å²) in [6, 6.07) is -0.226. The Labute approximate surface area is 98.0 Å². The average Bonchev–Trinajstić information content (AvgIpc) is 2.76. The first kappa shape index (κ1) is 12.4. The summed E-state index contributed by atoms with van der Waals surface area (Å²) in [5, 5.41) is 7.21. The van der Waals surface area contributed by atoms with Crippen LogP contribution in [0.1, 0.15) is 31.4 Å². The van der Waals surface area contributed by atoms with E-state index < -0.39 is 12.1 Å². The number of aromatic nitrogens is 2. The van der Waals surface area contributed by atoms with Crippen LogP contribution in [0.15, 0.2) is 12.4 Å². The molecule has 0 aromatic carbocycles. The first-order chi connectivity index (χ1) is 8.00. The molecule has 6 heteroatoms. The van der Waals surface area contributed by atoms with Gasteiger partial charge in [-0.15, -0.1) is 0 Å². The van der Waals surface area contributed by atoms with Crippen LogP contribution in [0, 0.1) is 5.92 Å². The van der Waals surface area contributed by atoms with Gasteiger partial charge in [0.25, 0.3) is 0 Å². The monoisotopic (exact) mass is 247 g/mol. The Hall–Kier alpha value is -1.04. The van der Waals surface area contributed by atoms with Crippen LogP contribution in [-0.4, -0.2) is 22.5 Å². The molecule has 2 heterocycles. The number of rotatable bonds is 2. The van der Waals surface area contributed by atoms with Crippen LogP contribution in [0.5, 0.6) is 0 Å². The lowest BCUT2D eigenvalue weighted by molar-refractivity contribution is -0.183. The summed E-state index contributed by atoms with van der Waals surface area (Å²) in [7, 11) is 0. The van der Waals surface area contributed by atoms with Gasteiger partial charge in [0.15, 0.2) is 0 Å². The van der Waals surface area contributed by atoms with Gasteiger partial charge in [-0.05, 0) is 26.3 Å². The summed E-state index contributed by atoms with van der Waals surface area (Å²) in [5.74, 6) is -1.20. The summed E-state index contributed by atoms with van der Waals surface area (Å²) >= 11 is 0. The molecule has 1 aliphatic heterocycles. The molecule has 1 aromatic heterocycles. The lowest BCUT2D eigenvalue weighted by Gasteiger charge is -2.31. The smallest absolute Gasteiger partial charge is 0.310 e. The van der Waals surface area contributed by atoms with Crippen LogP contribution >= 0.6 is 0 Å². The largest absolute Gasteiger partial charge is 0.391 e. The zero-order valence-corrected chi connectivity index (χ0v) is 9.67. The van der Waals surface area contributed by atoms with Crippen molar-refractivity contribution in [2.45, 2.75) is 38.5 Å². The number of halogens is 3. The van der Waals surface area contributed by atoms with Crippen LogP contribution in [0.2, 0.25) is 0 Å². The van der Waals surface area contributed by atoms with E-state index in [0.29, 0.717) is 6.54 Å². The van der Waals surface area contributed by atoms with Crippen molar-refractivity contribution in [1.82, 2.24) is 15.1 Å². The molecule has 0 amide bonds. The molecule has 2 atom stereocenters. The molecule has 96 valence electrons. The minimum Gasteiger partial charge on any atom is -0.310 e. The third kappa shape index (κ3) is 2.80. The fraction of sp³-hybridized carbons (Fsp3) is 0.727. The second-order valence-corrected chi connectivity index (χ2v) is 4.40. The Bertz CT molecular complexity index is 372. The number of nitrogens with zero attached hydrogens (tertiary/aromatic N) is 2. The molecule has 1 aromatic rings. The van der Waals surface area contributed by atoms with Crippen LogP contribution in [-0.2, 0) is 6.54 Å². The van der Waals surface area contributed by atoms with Gasteiger partial charge >= 0.3 is 6.18 Å². The van der Waals surface area contributed by atoms with Crippen molar-refractivity contribution in [3.63, 3.8) is 0 Å². The minimum atomic E-state index is -4.08. The molecule has 1 saturated heterocycles. The molecule has 0 spiro atoms. The second kappa shape index (κ2) is 4.68. The van der Waals surface area contributed by atoms with E-state index in [1.54, 1.807) is 10.9 Å². The van der Waals surface area contributed by atoms with E-state index in [-0.39, 0.29) is 18.9 Å². The lowest BCUT2D eigenvalue weighted by Crippen LogP contribution is -2.37. The van der Waals surface area contributed by atoms with Gasteiger partial charge in [-0.1, -0.05) is 0 Å². The summed E-state index contributed by atoms with van der Waals surface area (Å²) in [5.41, 5.74) is 0.848. The molecule has 0 aliphatic carbocycles. The van der Waals surface area contributed by atoms with Crippen molar-refractivity contribution in [2.24, 2.45) is 5.92 Å². The van der Waals surface area contributed by atoms with E-state index in [4.69, 9.17) is 0 Å². The number of piperidine rings is 1. The van der Waals surface area contributed by atoms with Gasteiger partial charge in [-0.25, -0.2) is 0 Å². The first-order valence-corrected chi connectivity index (χ1v) is 5.83. The minimum absolute atomic E-state index is 0.110. The molecule has 1 aliphatic rings. The van der Waals surface area contributed by atoms with Crippen molar-refractivity contribution in [3.8, 4) is 0 Å². The van der Waals surface area contributed by atoms with Gasteiger partial charge < -0.3 is 5.32 Å². The number of hydrogen-bond acceptors (Lipinski definition) is 2. The van der Waals surface area contributed by atoms with E-state index in [9.17, 15) is 13.2 Å². The predicted molar refractivity (Wildman–Crippen MR) is 57.4 cm³/mol. The highest BCUT2D eigenvalue weighted by Gasteiger charge is 2.42. The van der Waals surface area contributed by atoms with Crippen molar-refractivity contribution >= 4 is 0 Å². The molecule has 0 saturated carbocycles. The summed E-state index contributed by atoms with van der Waals surface area (Å²) in [4.78, 5) is 0. The molecule has 17 heavy (non-hydrogen) atoms. The number of alkyl halides is 3. The fourth-order valence-corrected chi connectivity index (χ4v) is 2.20. The van der Waals surface area contributed by atoms with Crippen LogP contribution in [0.4, 0.5) is 13.2 Å². The van der Waals surface area contributed by atoms with E-state index in [1.165, 1.54) is 0 Å². The van der Waals surface area contributed by atoms with E-state index in [2.05, 4.69) is 10.4 Å². The maximum absolute atomic E-state index is 12.7. The van der Waals surface area contributed by atoms with E-state index >= 15 is 0 Å². The number of nitrogens with one attached hydrogen (secondary N) is 1. The SMILES string of the molecule is CCn1cc(C2CC(C(F)(F)F)CCN2)cn1. The molecule has 2 unspecified atom stereocenters.